The number of rotatable bonds is 7. The topological polar surface area (TPSA) is 141 Å². The number of hydrogen-bond acceptors (Lipinski definition) is 8. The predicted molar refractivity (Wildman–Crippen MR) is 117 cm³/mol. The van der Waals surface area contributed by atoms with Crippen molar-refractivity contribution in [2.24, 2.45) is 5.41 Å². The summed E-state index contributed by atoms with van der Waals surface area (Å²) in [5, 5.41) is 33.1. The number of amides is 2. The molecule has 2 saturated heterocycles. The van der Waals surface area contributed by atoms with E-state index < -0.39 is 47.4 Å². The van der Waals surface area contributed by atoms with E-state index in [-0.39, 0.29) is 30.7 Å². The Kier molecular flexibility index (Phi) is 8.33. The monoisotopic (exact) mass is 457 g/mol. The van der Waals surface area contributed by atoms with Gasteiger partial charge in [0.25, 0.3) is 5.91 Å². The summed E-state index contributed by atoms with van der Waals surface area (Å²) >= 11 is 0. The lowest BCUT2D eigenvalue weighted by atomic mass is 9.81. The molecule has 10 nitrogen and oxygen atoms in total. The fourth-order valence-electron chi connectivity index (χ4n) is 4.39. The van der Waals surface area contributed by atoms with Gasteiger partial charge in [-0.2, -0.15) is 0 Å². The Morgan fingerprint density at radius 1 is 1.31 bits per heavy atom. The molecule has 2 fully saturated rings. The molecule has 5 atom stereocenters. The van der Waals surface area contributed by atoms with Gasteiger partial charge < -0.3 is 29.9 Å². The third-order valence-electron chi connectivity index (χ3n) is 5.61. The molecule has 2 rings (SSSR count). The van der Waals surface area contributed by atoms with Gasteiger partial charge in [-0.25, -0.2) is 5.48 Å². The summed E-state index contributed by atoms with van der Waals surface area (Å²) in [6, 6.07) is -0.784. The van der Waals surface area contributed by atoms with E-state index in [0.29, 0.717) is 6.54 Å². The van der Waals surface area contributed by atoms with Crippen LogP contribution >= 0.6 is 0 Å². The van der Waals surface area contributed by atoms with Crippen molar-refractivity contribution in [1.29, 1.82) is 0 Å². The molecule has 5 unspecified atom stereocenters. The average molecular weight is 458 g/mol. The van der Waals surface area contributed by atoms with Crippen molar-refractivity contribution in [3.05, 3.63) is 11.8 Å². The number of ether oxygens (including phenoxy) is 2. The first-order chi connectivity index (χ1) is 14.7. The molecule has 0 aromatic carbocycles. The van der Waals surface area contributed by atoms with E-state index in [9.17, 15) is 19.8 Å². The molecule has 0 aromatic rings. The van der Waals surface area contributed by atoms with Crippen LogP contribution in [0.25, 0.3) is 0 Å². The fourth-order valence-corrected chi connectivity index (χ4v) is 4.39. The molecule has 0 saturated carbocycles. The van der Waals surface area contributed by atoms with E-state index in [1.165, 1.54) is 6.08 Å². The maximum Gasteiger partial charge on any atom is 0.270 e. The lowest BCUT2D eigenvalue weighted by Gasteiger charge is -2.47. The van der Waals surface area contributed by atoms with E-state index in [1.54, 1.807) is 10.4 Å². The number of carbonyl (C=O) groups is 2. The Bertz CT molecular complexity index is 717. The van der Waals surface area contributed by atoms with Crippen molar-refractivity contribution in [2.45, 2.75) is 97.0 Å². The van der Waals surface area contributed by atoms with Crippen LogP contribution in [0.4, 0.5) is 0 Å². The van der Waals surface area contributed by atoms with Gasteiger partial charge in [-0.3, -0.25) is 14.8 Å². The van der Waals surface area contributed by atoms with Gasteiger partial charge >= 0.3 is 0 Å². The third-order valence-corrected chi connectivity index (χ3v) is 5.61. The molecule has 5 N–H and O–H groups in total. The number of fused-ring (bicyclic) bond motifs is 1. The van der Waals surface area contributed by atoms with Crippen molar-refractivity contribution in [2.75, 3.05) is 13.2 Å². The predicted octanol–water partition coefficient (Wildman–Crippen LogP) is 0.305. The maximum absolute atomic E-state index is 13.6. The molecule has 0 radical (unpaired) electrons. The van der Waals surface area contributed by atoms with Crippen LogP contribution < -0.4 is 10.8 Å². The minimum Gasteiger partial charge on any atom is -0.394 e. The van der Waals surface area contributed by atoms with Crippen molar-refractivity contribution in [3.8, 4) is 0 Å². The molecule has 10 heteroatoms. The first-order valence-corrected chi connectivity index (χ1v) is 11.0. The molecule has 2 amide bonds. The largest absolute Gasteiger partial charge is 0.394 e. The number of hydroxylamine groups is 1. The Morgan fingerprint density at radius 2 is 1.94 bits per heavy atom. The van der Waals surface area contributed by atoms with Gasteiger partial charge in [0.2, 0.25) is 5.91 Å². The number of aliphatic hydroxyl groups excluding tert-OH is 2. The van der Waals surface area contributed by atoms with E-state index >= 15 is 0 Å². The molecule has 2 aliphatic rings. The number of aliphatic hydroxyl groups is 2. The molecule has 2 aliphatic heterocycles. The summed E-state index contributed by atoms with van der Waals surface area (Å²) in [5.41, 5.74) is 0.659. The standard InChI is InChI=1S/C22H39N3O7/c1-12(2)23-13(8-9-15(27)24-30)20(29)25-11-22(6,7)19-16(25)17(28)18(14(10-26)31-19)32-21(3,4)5/h8,12,14,16-19,23,26,28,30H,9-11H2,1-7H3,(H,24,27)/b13-8-. The summed E-state index contributed by atoms with van der Waals surface area (Å²) in [5.74, 6) is -1.03. The van der Waals surface area contributed by atoms with Gasteiger partial charge in [-0.15, -0.1) is 0 Å². The lowest BCUT2D eigenvalue weighted by Crippen LogP contribution is -2.64. The first-order valence-electron chi connectivity index (χ1n) is 11.0. The van der Waals surface area contributed by atoms with E-state index in [2.05, 4.69) is 5.32 Å². The number of hydrogen-bond donors (Lipinski definition) is 5. The molecular formula is C22H39N3O7. The quantitative estimate of drug-likeness (QED) is 0.209. The van der Waals surface area contributed by atoms with Crippen LogP contribution in [0.2, 0.25) is 0 Å². The number of carbonyl (C=O) groups excluding carboxylic acids is 2. The normalized spacial score (nSPS) is 30.3. The first kappa shape index (κ1) is 26.5. The third kappa shape index (κ3) is 5.99. The highest BCUT2D eigenvalue weighted by atomic mass is 16.6. The Labute approximate surface area is 189 Å². The second-order valence-corrected chi connectivity index (χ2v) is 10.5. The van der Waals surface area contributed by atoms with Crippen LogP contribution in [-0.2, 0) is 19.1 Å². The highest BCUT2D eigenvalue weighted by Gasteiger charge is 2.59. The van der Waals surface area contributed by atoms with Crippen LogP contribution in [0.1, 0.15) is 54.9 Å². The van der Waals surface area contributed by atoms with Crippen LogP contribution in [0.5, 0.6) is 0 Å². The van der Waals surface area contributed by atoms with Gasteiger partial charge in [0.1, 0.15) is 18.3 Å². The zero-order chi connectivity index (χ0) is 24.4. The van der Waals surface area contributed by atoms with Gasteiger partial charge in [0.05, 0.1) is 30.1 Å². The van der Waals surface area contributed by atoms with Crippen molar-refractivity contribution >= 4 is 11.8 Å². The lowest BCUT2D eigenvalue weighted by molar-refractivity contribution is -0.246. The molecular weight excluding hydrogens is 418 g/mol. The summed E-state index contributed by atoms with van der Waals surface area (Å²) < 4.78 is 12.2. The smallest absolute Gasteiger partial charge is 0.270 e. The molecule has 32 heavy (non-hydrogen) atoms. The summed E-state index contributed by atoms with van der Waals surface area (Å²) in [6.07, 6.45) is -1.92. The van der Waals surface area contributed by atoms with E-state index in [4.69, 9.17) is 14.7 Å². The molecule has 0 aliphatic carbocycles. The second-order valence-electron chi connectivity index (χ2n) is 10.5. The Balaban J connectivity index is 2.40. The van der Waals surface area contributed by atoms with Gasteiger partial charge in [-0.05, 0) is 40.7 Å². The highest BCUT2D eigenvalue weighted by Crippen LogP contribution is 2.44. The van der Waals surface area contributed by atoms with Gasteiger partial charge in [0, 0.05) is 24.4 Å². The van der Waals surface area contributed by atoms with Crippen LogP contribution in [-0.4, -0.2) is 87.4 Å². The summed E-state index contributed by atoms with van der Waals surface area (Å²) in [7, 11) is 0. The van der Waals surface area contributed by atoms with Gasteiger partial charge in [0.15, 0.2) is 0 Å². The number of nitrogens with zero attached hydrogens (tertiary/aromatic N) is 1. The summed E-state index contributed by atoms with van der Waals surface area (Å²) in [4.78, 5) is 26.6. The molecule has 0 bridgehead atoms. The second kappa shape index (κ2) is 10.0. The highest BCUT2D eigenvalue weighted by molar-refractivity contribution is 5.94. The average Bonchev–Trinajstić information content (AvgIpc) is 2.95. The molecule has 0 spiro atoms. The fraction of sp³-hybridized carbons (Fsp3) is 0.818. The zero-order valence-electron chi connectivity index (χ0n) is 20.1. The SMILES string of the molecule is CC(C)N/C(=C\CC(=O)NO)C(=O)N1CC(C)(C)C2OC(CO)C(OC(C)(C)C)C(O)C21. The molecule has 184 valence electrons. The summed E-state index contributed by atoms with van der Waals surface area (Å²) in [6.45, 7) is 13.2. The Morgan fingerprint density at radius 3 is 2.44 bits per heavy atom. The van der Waals surface area contributed by atoms with E-state index in [1.807, 2.05) is 48.5 Å². The Hall–Kier alpha value is -1.72. The molecule has 0 aromatic heterocycles. The zero-order valence-corrected chi connectivity index (χ0v) is 20.1. The molecule has 2 heterocycles. The van der Waals surface area contributed by atoms with Gasteiger partial charge in [-0.1, -0.05) is 13.8 Å². The van der Waals surface area contributed by atoms with Crippen molar-refractivity contribution in [3.63, 3.8) is 0 Å². The van der Waals surface area contributed by atoms with Crippen molar-refractivity contribution in [1.82, 2.24) is 15.7 Å². The van der Waals surface area contributed by atoms with Crippen LogP contribution in [0.3, 0.4) is 0 Å². The number of nitrogens with one attached hydrogen (secondary N) is 2. The van der Waals surface area contributed by atoms with Crippen LogP contribution in [0, 0.1) is 5.41 Å². The minimum atomic E-state index is -1.09. The minimum absolute atomic E-state index is 0.0860. The van der Waals surface area contributed by atoms with Crippen LogP contribution in [0.15, 0.2) is 11.8 Å². The van der Waals surface area contributed by atoms with E-state index in [0.717, 1.165) is 0 Å². The van der Waals surface area contributed by atoms with Crippen molar-refractivity contribution < 1.29 is 34.5 Å². The number of likely N-dealkylation sites (tertiary alicyclic amines) is 1. The maximum atomic E-state index is 13.6.